The van der Waals surface area contributed by atoms with Crippen LogP contribution in [0.2, 0.25) is 0 Å². The molecule has 0 atom stereocenters. The number of amides is 1. The van der Waals surface area contributed by atoms with E-state index in [4.69, 9.17) is 9.84 Å². The molecule has 0 saturated heterocycles. The fourth-order valence-corrected chi connectivity index (χ4v) is 2.76. The van der Waals surface area contributed by atoms with E-state index >= 15 is 0 Å². The van der Waals surface area contributed by atoms with E-state index < -0.39 is 6.09 Å². The van der Waals surface area contributed by atoms with Crippen molar-refractivity contribution >= 4 is 11.8 Å². The minimum atomic E-state index is -0.513. The number of aliphatic hydroxyl groups is 1. The Bertz CT molecular complexity index is 1060. The van der Waals surface area contributed by atoms with Crippen LogP contribution in [0.4, 0.5) is 10.5 Å². The monoisotopic (exact) mass is 411 g/mol. The largest absolute Gasteiger partial charge is 0.449 e. The van der Waals surface area contributed by atoms with Gasteiger partial charge in [-0.2, -0.15) is 10.2 Å². The van der Waals surface area contributed by atoms with Crippen molar-refractivity contribution in [3.05, 3.63) is 70.4 Å². The predicted molar refractivity (Wildman–Crippen MR) is 112 cm³/mol. The zero-order valence-electron chi connectivity index (χ0n) is 17.0. The molecule has 1 amide bonds. The zero-order valence-corrected chi connectivity index (χ0v) is 17.0. The highest BCUT2D eigenvalue weighted by Gasteiger charge is 2.09. The molecule has 0 saturated carbocycles. The second kappa shape index (κ2) is 9.84. The molecule has 2 N–H and O–H groups in total. The van der Waals surface area contributed by atoms with E-state index in [0.29, 0.717) is 36.6 Å². The number of carbonyl (C=O) groups excluding carboxylic acids is 1. The lowest BCUT2D eigenvalue weighted by Crippen LogP contribution is -2.17. The van der Waals surface area contributed by atoms with Crippen LogP contribution in [-0.2, 0) is 17.7 Å². The van der Waals surface area contributed by atoms with Gasteiger partial charge in [0.1, 0.15) is 11.4 Å². The molecule has 2 aromatic heterocycles. The summed E-state index contributed by atoms with van der Waals surface area (Å²) in [7, 11) is 0. The third-order valence-corrected chi connectivity index (χ3v) is 4.19. The fourth-order valence-electron chi connectivity index (χ4n) is 2.76. The minimum absolute atomic E-state index is 0.0145. The molecule has 0 radical (unpaired) electrons. The molecule has 0 aliphatic heterocycles. The Hall–Kier alpha value is -3.46. The summed E-state index contributed by atoms with van der Waals surface area (Å²) in [5, 5.41) is 20.3. The van der Waals surface area contributed by atoms with E-state index in [-0.39, 0.29) is 18.0 Å². The topological polar surface area (TPSA) is 111 Å². The number of benzene rings is 1. The van der Waals surface area contributed by atoms with Gasteiger partial charge in [-0.3, -0.25) is 14.8 Å². The highest BCUT2D eigenvalue weighted by Crippen LogP contribution is 2.14. The Morgan fingerprint density at radius 3 is 2.90 bits per heavy atom. The van der Waals surface area contributed by atoms with Gasteiger partial charge in [0.05, 0.1) is 32.2 Å². The summed E-state index contributed by atoms with van der Waals surface area (Å²) in [6, 6.07) is 8.66. The minimum Gasteiger partial charge on any atom is -0.449 e. The maximum absolute atomic E-state index is 12.3. The van der Waals surface area contributed by atoms with Crippen molar-refractivity contribution in [2.75, 3.05) is 18.5 Å². The van der Waals surface area contributed by atoms with Crippen LogP contribution in [-0.4, -0.2) is 44.0 Å². The first-order valence-electron chi connectivity index (χ1n) is 9.70. The molecule has 1 aromatic carbocycles. The van der Waals surface area contributed by atoms with Crippen LogP contribution >= 0.6 is 0 Å². The van der Waals surface area contributed by atoms with Crippen molar-refractivity contribution in [2.24, 2.45) is 5.92 Å². The molecular formula is C21H25N5O4. The molecule has 9 heteroatoms. The molecule has 0 bridgehead atoms. The van der Waals surface area contributed by atoms with Gasteiger partial charge in [-0.1, -0.05) is 26.0 Å². The lowest BCUT2D eigenvalue weighted by Gasteiger charge is -2.10. The first kappa shape index (κ1) is 21.3. The van der Waals surface area contributed by atoms with Gasteiger partial charge in [0.15, 0.2) is 0 Å². The first-order valence-corrected chi connectivity index (χ1v) is 9.70. The molecule has 0 aliphatic rings. The number of hydrogen-bond acceptors (Lipinski definition) is 6. The van der Waals surface area contributed by atoms with Crippen molar-refractivity contribution < 1.29 is 14.6 Å². The highest BCUT2D eigenvalue weighted by molar-refractivity contribution is 5.84. The van der Waals surface area contributed by atoms with Crippen LogP contribution in [0.15, 0.2) is 53.7 Å². The lowest BCUT2D eigenvalue weighted by molar-refractivity contribution is 0.147. The van der Waals surface area contributed by atoms with Gasteiger partial charge in [0.2, 0.25) is 5.43 Å². The number of rotatable bonds is 8. The van der Waals surface area contributed by atoms with Gasteiger partial charge < -0.3 is 9.84 Å². The van der Waals surface area contributed by atoms with Gasteiger partial charge in [-0.25, -0.2) is 9.48 Å². The smallest absolute Gasteiger partial charge is 0.411 e. The Morgan fingerprint density at radius 1 is 1.30 bits per heavy atom. The number of anilines is 1. The summed E-state index contributed by atoms with van der Waals surface area (Å²) in [5.41, 5.74) is 2.29. The van der Waals surface area contributed by atoms with Crippen molar-refractivity contribution in [1.82, 2.24) is 19.6 Å². The van der Waals surface area contributed by atoms with Gasteiger partial charge in [0, 0.05) is 24.4 Å². The third-order valence-electron chi connectivity index (χ3n) is 4.19. The van der Waals surface area contributed by atoms with Crippen LogP contribution < -0.4 is 10.7 Å². The van der Waals surface area contributed by atoms with Gasteiger partial charge in [-0.15, -0.1) is 0 Å². The molecule has 3 rings (SSSR count). The van der Waals surface area contributed by atoms with E-state index in [0.717, 1.165) is 5.56 Å². The van der Waals surface area contributed by atoms with Crippen LogP contribution in [0.3, 0.4) is 0 Å². The molecule has 0 aliphatic carbocycles. The SMILES string of the molecule is CC(C)COC(=O)Nc1cccc(Cc2nn(-c3cnn(CCO)c3)ccc2=O)c1. The molecule has 9 nitrogen and oxygen atoms in total. The number of nitrogens with zero attached hydrogens (tertiary/aromatic N) is 4. The third kappa shape index (κ3) is 5.77. The second-order valence-electron chi connectivity index (χ2n) is 7.25. The first-order chi connectivity index (χ1) is 14.4. The lowest BCUT2D eigenvalue weighted by atomic mass is 10.1. The average Bonchev–Trinajstić information content (AvgIpc) is 3.17. The van der Waals surface area contributed by atoms with Crippen molar-refractivity contribution in [3.8, 4) is 5.69 Å². The number of aromatic nitrogens is 4. The van der Waals surface area contributed by atoms with E-state index in [2.05, 4.69) is 15.5 Å². The van der Waals surface area contributed by atoms with Crippen molar-refractivity contribution in [1.29, 1.82) is 0 Å². The summed E-state index contributed by atoms with van der Waals surface area (Å²) in [6.45, 7) is 4.63. The number of aliphatic hydroxyl groups excluding tert-OH is 1. The summed E-state index contributed by atoms with van der Waals surface area (Å²) < 4.78 is 8.30. The van der Waals surface area contributed by atoms with Crippen LogP contribution in [0.5, 0.6) is 0 Å². The molecule has 0 fully saturated rings. The molecule has 30 heavy (non-hydrogen) atoms. The summed E-state index contributed by atoms with van der Waals surface area (Å²) >= 11 is 0. The summed E-state index contributed by atoms with van der Waals surface area (Å²) in [4.78, 5) is 24.2. The Morgan fingerprint density at radius 2 is 2.13 bits per heavy atom. The molecule has 0 spiro atoms. The summed E-state index contributed by atoms with van der Waals surface area (Å²) in [5.74, 6) is 0.254. The van der Waals surface area contributed by atoms with Gasteiger partial charge in [0.25, 0.3) is 0 Å². The molecular weight excluding hydrogens is 386 g/mol. The molecule has 2 heterocycles. The Balaban J connectivity index is 1.74. The van der Waals surface area contributed by atoms with Crippen molar-refractivity contribution in [3.63, 3.8) is 0 Å². The van der Waals surface area contributed by atoms with Crippen molar-refractivity contribution in [2.45, 2.75) is 26.8 Å². The van der Waals surface area contributed by atoms with E-state index in [1.165, 1.54) is 6.07 Å². The summed E-state index contributed by atoms with van der Waals surface area (Å²) in [6.07, 6.45) is 4.73. The van der Waals surface area contributed by atoms with E-state index in [1.54, 1.807) is 46.2 Å². The Kier molecular flexibility index (Phi) is 6.97. The second-order valence-corrected chi connectivity index (χ2v) is 7.25. The number of nitrogens with one attached hydrogen (secondary N) is 1. The van der Waals surface area contributed by atoms with E-state index in [9.17, 15) is 9.59 Å². The quantitative estimate of drug-likeness (QED) is 0.588. The normalized spacial score (nSPS) is 10.9. The number of carbonyl (C=O) groups is 1. The standard InChI is InChI=1S/C21H25N5O4/c1-15(2)14-30-21(29)23-17-5-3-4-16(10-17)11-19-20(28)6-7-26(24-19)18-12-22-25(13-18)8-9-27/h3-7,10,12-13,15,27H,8-9,11,14H2,1-2H3,(H,23,29). The molecule has 158 valence electrons. The highest BCUT2D eigenvalue weighted by atomic mass is 16.5. The maximum Gasteiger partial charge on any atom is 0.411 e. The van der Waals surface area contributed by atoms with Gasteiger partial charge >= 0.3 is 6.09 Å². The van der Waals surface area contributed by atoms with Crippen LogP contribution in [0.25, 0.3) is 5.69 Å². The number of ether oxygens (including phenoxy) is 1. The predicted octanol–water partition coefficient (Wildman–Crippen LogP) is 2.22. The molecule has 0 unspecified atom stereocenters. The average molecular weight is 411 g/mol. The zero-order chi connectivity index (χ0) is 21.5. The Labute approximate surface area is 173 Å². The van der Waals surface area contributed by atoms with Gasteiger partial charge in [-0.05, 0) is 23.6 Å². The maximum atomic E-state index is 12.3. The van der Waals surface area contributed by atoms with Crippen LogP contribution in [0.1, 0.15) is 25.1 Å². The number of hydrogen-bond donors (Lipinski definition) is 2. The van der Waals surface area contributed by atoms with Crippen LogP contribution in [0, 0.1) is 5.92 Å². The fraction of sp³-hybridized carbons (Fsp3) is 0.333. The molecule has 3 aromatic rings. The van der Waals surface area contributed by atoms with E-state index in [1.807, 2.05) is 19.9 Å².